The van der Waals surface area contributed by atoms with Crippen LogP contribution in [0.25, 0.3) is 0 Å². The van der Waals surface area contributed by atoms with Crippen molar-refractivity contribution in [2.24, 2.45) is 0 Å². The van der Waals surface area contributed by atoms with Crippen LogP contribution in [0.5, 0.6) is 5.75 Å². The second kappa shape index (κ2) is 5.70. The number of hydrogen-bond acceptors (Lipinski definition) is 3. The van der Waals surface area contributed by atoms with Gasteiger partial charge < -0.3 is 6.16 Å². The molecule has 1 rings (SSSR count). The Hall–Kier alpha value is 0.0400. The van der Waals surface area contributed by atoms with Gasteiger partial charge in [0.25, 0.3) is 0 Å². The van der Waals surface area contributed by atoms with Gasteiger partial charge in [-0.1, -0.05) is 6.07 Å². The maximum Gasteiger partial charge on any atom is 1.00 e. The van der Waals surface area contributed by atoms with Crippen LogP contribution in [0.1, 0.15) is 18.7 Å². The molecule has 0 radical (unpaired) electrons. The Bertz CT molecular complexity index is 318. The van der Waals surface area contributed by atoms with E-state index in [-0.39, 0.29) is 36.8 Å². The molecule has 0 atom stereocenters. The van der Waals surface area contributed by atoms with Crippen molar-refractivity contribution in [1.29, 1.82) is 0 Å². The van der Waals surface area contributed by atoms with Gasteiger partial charge in [0.05, 0.1) is 7.11 Å². The summed E-state index contributed by atoms with van der Waals surface area (Å²) in [6.45, 7) is 1.52. The molecule has 0 saturated carbocycles. The van der Waals surface area contributed by atoms with E-state index >= 15 is 0 Å². The molecule has 0 aliphatic heterocycles. The van der Waals surface area contributed by atoms with Crippen molar-refractivity contribution in [3.8, 4) is 5.75 Å². The Balaban J connectivity index is 0. The van der Waals surface area contributed by atoms with Gasteiger partial charge in [-0.15, -0.1) is 12.6 Å². The molecule has 0 amide bonds. The maximum atomic E-state index is 10.9. The average Bonchev–Trinajstić information content (AvgIpc) is 2.05. The zero-order chi connectivity index (χ0) is 9.14. The normalized spacial score (nSPS) is 8.85. The standard InChI is InChI=1S/C9H10O2S.Na.H/c1-6(10)7-3-4-9(12)8(5-7)11-2;;/h3-5,12H,1-2H3;;/q;+1;-1. The van der Waals surface area contributed by atoms with Crippen LogP contribution in [-0.4, -0.2) is 12.9 Å². The first kappa shape index (κ1) is 13.0. The molecule has 0 unspecified atom stereocenters. The Morgan fingerprint density at radius 2 is 2.15 bits per heavy atom. The number of rotatable bonds is 2. The summed E-state index contributed by atoms with van der Waals surface area (Å²) in [5, 5.41) is 0. The minimum absolute atomic E-state index is 0. The number of hydrogen-bond donors (Lipinski definition) is 1. The predicted molar refractivity (Wildman–Crippen MR) is 51.4 cm³/mol. The summed E-state index contributed by atoms with van der Waals surface area (Å²) in [6, 6.07) is 5.16. The van der Waals surface area contributed by atoms with Crippen LogP contribution in [0.4, 0.5) is 0 Å². The van der Waals surface area contributed by atoms with Gasteiger partial charge in [0.15, 0.2) is 5.78 Å². The van der Waals surface area contributed by atoms with Crippen LogP contribution in [-0.2, 0) is 0 Å². The molecule has 1 aromatic carbocycles. The molecule has 0 saturated heterocycles. The summed E-state index contributed by atoms with van der Waals surface area (Å²) < 4.78 is 5.01. The molecule has 4 heteroatoms. The van der Waals surface area contributed by atoms with Gasteiger partial charge in [0, 0.05) is 10.5 Å². The number of carbonyl (C=O) groups excluding carboxylic acids is 1. The fourth-order valence-electron chi connectivity index (χ4n) is 0.897. The van der Waals surface area contributed by atoms with E-state index in [0.29, 0.717) is 11.3 Å². The van der Waals surface area contributed by atoms with Crippen LogP contribution >= 0.6 is 12.6 Å². The number of Topliss-reactive ketones (excluding diaryl/α,β-unsaturated/α-hetero) is 1. The van der Waals surface area contributed by atoms with Crippen molar-refractivity contribution in [2.45, 2.75) is 11.8 Å². The SMILES string of the molecule is COc1cc(C(C)=O)ccc1S.[H-].[Na+]. The largest absolute Gasteiger partial charge is 1.00 e. The monoisotopic (exact) mass is 206 g/mol. The van der Waals surface area contributed by atoms with Gasteiger partial charge in [-0.25, -0.2) is 0 Å². The first-order chi connectivity index (χ1) is 5.65. The summed E-state index contributed by atoms with van der Waals surface area (Å²) >= 11 is 4.16. The van der Waals surface area contributed by atoms with E-state index in [0.717, 1.165) is 4.90 Å². The predicted octanol–water partition coefficient (Wildman–Crippen LogP) is -0.697. The van der Waals surface area contributed by atoms with Crippen LogP contribution < -0.4 is 34.3 Å². The zero-order valence-electron chi connectivity index (χ0n) is 9.00. The topological polar surface area (TPSA) is 26.3 Å². The van der Waals surface area contributed by atoms with Gasteiger partial charge in [-0.2, -0.15) is 0 Å². The summed E-state index contributed by atoms with van der Waals surface area (Å²) in [5.74, 6) is 0.660. The maximum absolute atomic E-state index is 10.9. The molecule has 0 spiro atoms. The number of thiol groups is 1. The molecule has 0 N–H and O–H groups in total. The summed E-state index contributed by atoms with van der Waals surface area (Å²) in [5.41, 5.74) is 0.643. The molecule has 0 heterocycles. The third kappa shape index (κ3) is 3.35. The first-order valence-corrected chi connectivity index (χ1v) is 3.98. The van der Waals surface area contributed by atoms with Crippen molar-refractivity contribution in [1.82, 2.24) is 0 Å². The molecule has 0 aliphatic carbocycles. The number of carbonyl (C=O) groups is 1. The third-order valence-electron chi connectivity index (χ3n) is 1.59. The average molecular weight is 206 g/mol. The fourth-order valence-corrected chi connectivity index (χ4v) is 1.13. The van der Waals surface area contributed by atoms with E-state index in [1.807, 2.05) is 0 Å². The van der Waals surface area contributed by atoms with Crippen molar-refractivity contribution in [3.05, 3.63) is 23.8 Å². The van der Waals surface area contributed by atoms with Gasteiger partial charge in [0.2, 0.25) is 0 Å². The van der Waals surface area contributed by atoms with Gasteiger partial charge in [-0.05, 0) is 19.1 Å². The van der Waals surface area contributed by atoms with E-state index in [1.54, 1.807) is 25.3 Å². The number of ether oxygens (including phenoxy) is 1. The Kier molecular flexibility index (Phi) is 5.72. The van der Waals surface area contributed by atoms with Crippen LogP contribution in [0.2, 0.25) is 0 Å². The molecule has 0 aliphatic rings. The molecule has 0 bridgehead atoms. The quantitative estimate of drug-likeness (QED) is 0.393. The summed E-state index contributed by atoms with van der Waals surface area (Å²) in [6.07, 6.45) is 0. The number of ketones is 1. The minimum Gasteiger partial charge on any atom is -1.00 e. The van der Waals surface area contributed by atoms with Crippen molar-refractivity contribution < 1.29 is 40.5 Å². The van der Waals surface area contributed by atoms with Gasteiger partial charge in [0.1, 0.15) is 5.75 Å². The number of benzene rings is 1. The molecule has 66 valence electrons. The molecule has 0 aromatic heterocycles. The van der Waals surface area contributed by atoms with Gasteiger partial charge in [-0.3, -0.25) is 4.79 Å². The van der Waals surface area contributed by atoms with Gasteiger partial charge >= 0.3 is 29.6 Å². The van der Waals surface area contributed by atoms with E-state index in [4.69, 9.17) is 4.74 Å². The Morgan fingerprint density at radius 3 is 2.62 bits per heavy atom. The molecule has 1 aromatic rings. The smallest absolute Gasteiger partial charge is 1.00 e. The summed E-state index contributed by atoms with van der Waals surface area (Å²) in [7, 11) is 1.55. The minimum atomic E-state index is 0. The second-order valence-electron chi connectivity index (χ2n) is 2.44. The molecular weight excluding hydrogens is 195 g/mol. The molecule has 13 heavy (non-hydrogen) atoms. The van der Waals surface area contributed by atoms with Crippen molar-refractivity contribution in [2.75, 3.05) is 7.11 Å². The zero-order valence-corrected chi connectivity index (χ0v) is 10.9. The van der Waals surface area contributed by atoms with Crippen LogP contribution in [0.3, 0.4) is 0 Å². The second-order valence-corrected chi connectivity index (χ2v) is 2.92. The fraction of sp³-hybridized carbons (Fsp3) is 0.222. The van der Waals surface area contributed by atoms with Crippen LogP contribution in [0.15, 0.2) is 23.1 Å². The first-order valence-electron chi connectivity index (χ1n) is 3.53. The van der Waals surface area contributed by atoms with Crippen molar-refractivity contribution >= 4 is 18.4 Å². The van der Waals surface area contributed by atoms with Crippen molar-refractivity contribution in [3.63, 3.8) is 0 Å². The van der Waals surface area contributed by atoms with E-state index in [1.165, 1.54) is 6.92 Å². The third-order valence-corrected chi connectivity index (χ3v) is 1.96. The molecule has 2 nitrogen and oxygen atoms in total. The molecular formula is C9H11NaO2S. The number of methoxy groups -OCH3 is 1. The summed E-state index contributed by atoms with van der Waals surface area (Å²) in [4.78, 5) is 11.7. The Labute approximate surface area is 107 Å². The Morgan fingerprint density at radius 1 is 1.54 bits per heavy atom. The molecule has 0 fully saturated rings. The van der Waals surface area contributed by atoms with E-state index in [9.17, 15) is 4.79 Å². The van der Waals surface area contributed by atoms with E-state index in [2.05, 4.69) is 12.6 Å². The van der Waals surface area contributed by atoms with E-state index < -0.39 is 0 Å². The van der Waals surface area contributed by atoms with Crippen LogP contribution in [0, 0.1) is 0 Å².